The molecule has 1 aliphatic rings. The molecule has 1 saturated carbocycles. The molecule has 0 aliphatic heterocycles. The Kier molecular flexibility index (Phi) is 5.17. The van der Waals surface area contributed by atoms with E-state index in [4.69, 9.17) is 0 Å². The first-order valence-electron chi connectivity index (χ1n) is 7.90. The van der Waals surface area contributed by atoms with E-state index in [1.807, 2.05) is 37.3 Å². The van der Waals surface area contributed by atoms with E-state index >= 15 is 0 Å². The van der Waals surface area contributed by atoms with Gasteiger partial charge in [0.15, 0.2) is 5.78 Å². The van der Waals surface area contributed by atoms with Crippen LogP contribution in [0.4, 0.5) is 0 Å². The summed E-state index contributed by atoms with van der Waals surface area (Å²) in [7, 11) is 6.48. The molecule has 0 radical (unpaired) electrons. The standard InChI is InChI=1S/C18H28N2O/c1-15(17(21)16-9-6-5-7-10-16)13-20(4)14-18(19(2)3)11-8-12-18/h5-7,9-10,15H,8,11-14H2,1-4H3. The molecule has 0 heterocycles. The fourth-order valence-corrected chi connectivity index (χ4v) is 3.34. The van der Waals surface area contributed by atoms with Crippen LogP contribution in [0.25, 0.3) is 0 Å². The fourth-order valence-electron chi connectivity index (χ4n) is 3.34. The summed E-state index contributed by atoms with van der Waals surface area (Å²) in [6, 6.07) is 9.63. The van der Waals surface area contributed by atoms with Crippen molar-refractivity contribution in [3.05, 3.63) is 35.9 Å². The van der Waals surface area contributed by atoms with Gasteiger partial charge in [-0.1, -0.05) is 37.3 Å². The third-order valence-corrected chi connectivity index (χ3v) is 4.89. The van der Waals surface area contributed by atoms with Gasteiger partial charge in [-0.2, -0.15) is 0 Å². The van der Waals surface area contributed by atoms with Crippen LogP contribution in [0.15, 0.2) is 30.3 Å². The average molecular weight is 288 g/mol. The molecule has 0 aromatic heterocycles. The van der Waals surface area contributed by atoms with Gasteiger partial charge < -0.3 is 9.80 Å². The minimum Gasteiger partial charge on any atom is -0.304 e. The summed E-state index contributed by atoms with van der Waals surface area (Å²) in [5.41, 5.74) is 1.15. The molecule has 3 nitrogen and oxygen atoms in total. The van der Waals surface area contributed by atoms with Crippen molar-refractivity contribution in [1.29, 1.82) is 0 Å². The largest absolute Gasteiger partial charge is 0.304 e. The summed E-state index contributed by atoms with van der Waals surface area (Å²) in [6.07, 6.45) is 3.86. The Hall–Kier alpha value is -1.19. The van der Waals surface area contributed by atoms with Crippen LogP contribution in [0, 0.1) is 5.92 Å². The van der Waals surface area contributed by atoms with Gasteiger partial charge in [0.2, 0.25) is 0 Å². The van der Waals surface area contributed by atoms with Crippen LogP contribution >= 0.6 is 0 Å². The van der Waals surface area contributed by atoms with Crippen LogP contribution in [0.5, 0.6) is 0 Å². The molecule has 116 valence electrons. The van der Waals surface area contributed by atoms with Crippen molar-refractivity contribution >= 4 is 5.78 Å². The molecule has 1 aromatic rings. The summed E-state index contributed by atoms with van der Waals surface area (Å²) in [4.78, 5) is 17.1. The zero-order valence-electron chi connectivity index (χ0n) is 13.8. The number of hydrogen-bond acceptors (Lipinski definition) is 3. The number of carbonyl (C=O) groups is 1. The third kappa shape index (κ3) is 3.72. The Labute approximate surface area is 128 Å². The first-order valence-corrected chi connectivity index (χ1v) is 7.90. The van der Waals surface area contributed by atoms with Crippen molar-refractivity contribution in [2.24, 2.45) is 5.92 Å². The minimum absolute atomic E-state index is 0.0386. The van der Waals surface area contributed by atoms with E-state index < -0.39 is 0 Å². The van der Waals surface area contributed by atoms with Crippen molar-refractivity contribution in [2.45, 2.75) is 31.7 Å². The maximum absolute atomic E-state index is 12.4. The lowest BCUT2D eigenvalue weighted by Gasteiger charge is -2.49. The molecule has 0 N–H and O–H groups in total. The molecule has 0 spiro atoms. The molecule has 1 atom stereocenters. The van der Waals surface area contributed by atoms with Crippen LogP contribution in [-0.2, 0) is 0 Å². The summed E-state index contributed by atoms with van der Waals surface area (Å²) in [6.45, 7) is 3.91. The van der Waals surface area contributed by atoms with Crippen molar-refractivity contribution in [1.82, 2.24) is 9.80 Å². The van der Waals surface area contributed by atoms with E-state index in [9.17, 15) is 4.79 Å². The Morgan fingerprint density at radius 3 is 2.29 bits per heavy atom. The second kappa shape index (κ2) is 6.71. The quantitative estimate of drug-likeness (QED) is 0.721. The van der Waals surface area contributed by atoms with Crippen LogP contribution < -0.4 is 0 Å². The topological polar surface area (TPSA) is 23.6 Å². The second-order valence-corrected chi connectivity index (χ2v) is 6.80. The minimum atomic E-state index is 0.0386. The molecule has 0 bridgehead atoms. The van der Waals surface area contributed by atoms with Gasteiger partial charge >= 0.3 is 0 Å². The zero-order valence-corrected chi connectivity index (χ0v) is 13.8. The highest BCUT2D eigenvalue weighted by Crippen LogP contribution is 2.36. The van der Waals surface area contributed by atoms with Crippen LogP contribution in [-0.4, -0.2) is 55.4 Å². The summed E-state index contributed by atoms with van der Waals surface area (Å²) in [5, 5.41) is 0. The monoisotopic (exact) mass is 288 g/mol. The first-order chi connectivity index (χ1) is 9.94. The number of likely N-dealkylation sites (N-methyl/N-ethyl adjacent to an activating group) is 2. The van der Waals surface area contributed by atoms with Gasteiger partial charge in [0, 0.05) is 30.1 Å². The molecule has 1 fully saturated rings. The predicted octanol–water partition coefficient (Wildman–Crippen LogP) is 2.92. The lowest BCUT2D eigenvalue weighted by molar-refractivity contribution is 0.0246. The van der Waals surface area contributed by atoms with Gasteiger partial charge in [-0.05, 0) is 40.4 Å². The van der Waals surface area contributed by atoms with Crippen molar-refractivity contribution in [2.75, 3.05) is 34.2 Å². The third-order valence-electron chi connectivity index (χ3n) is 4.89. The number of ketones is 1. The van der Waals surface area contributed by atoms with E-state index in [0.717, 1.165) is 18.7 Å². The molecule has 1 aliphatic carbocycles. The van der Waals surface area contributed by atoms with Crippen molar-refractivity contribution < 1.29 is 4.79 Å². The average Bonchev–Trinajstić information content (AvgIpc) is 2.42. The van der Waals surface area contributed by atoms with Crippen LogP contribution in [0.3, 0.4) is 0 Å². The number of nitrogens with zero attached hydrogens (tertiary/aromatic N) is 2. The highest BCUT2D eigenvalue weighted by molar-refractivity contribution is 5.97. The van der Waals surface area contributed by atoms with Crippen molar-refractivity contribution in [3.8, 4) is 0 Å². The number of hydrogen-bond donors (Lipinski definition) is 0. The molecule has 2 rings (SSSR count). The Balaban J connectivity index is 1.90. The first kappa shape index (κ1) is 16.2. The lowest BCUT2D eigenvalue weighted by atomic mass is 9.75. The van der Waals surface area contributed by atoms with Gasteiger partial charge in [0.1, 0.15) is 0 Å². The van der Waals surface area contributed by atoms with Crippen molar-refractivity contribution in [3.63, 3.8) is 0 Å². The van der Waals surface area contributed by atoms with Gasteiger partial charge in [-0.25, -0.2) is 0 Å². The number of benzene rings is 1. The Morgan fingerprint density at radius 2 is 1.81 bits per heavy atom. The maximum Gasteiger partial charge on any atom is 0.166 e. The molecule has 1 aromatic carbocycles. The van der Waals surface area contributed by atoms with Crippen LogP contribution in [0.1, 0.15) is 36.5 Å². The molecule has 0 amide bonds. The Morgan fingerprint density at radius 1 is 1.19 bits per heavy atom. The number of Topliss-reactive ketones (excluding diaryl/α,β-unsaturated/α-hetero) is 1. The second-order valence-electron chi connectivity index (χ2n) is 6.80. The number of rotatable bonds is 7. The molecule has 0 saturated heterocycles. The van der Waals surface area contributed by atoms with Gasteiger partial charge in [0.25, 0.3) is 0 Å². The molecule has 21 heavy (non-hydrogen) atoms. The highest BCUT2D eigenvalue weighted by Gasteiger charge is 2.40. The summed E-state index contributed by atoms with van der Waals surface area (Å²) in [5.74, 6) is 0.284. The molecule has 3 heteroatoms. The zero-order chi connectivity index (χ0) is 15.5. The van der Waals surface area contributed by atoms with Gasteiger partial charge in [-0.3, -0.25) is 4.79 Å². The summed E-state index contributed by atoms with van der Waals surface area (Å²) >= 11 is 0. The van der Waals surface area contributed by atoms with Gasteiger partial charge in [-0.15, -0.1) is 0 Å². The fraction of sp³-hybridized carbons (Fsp3) is 0.611. The molecular formula is C18H28N2O. The maximum atomic E-state index is 12.4. The van der Waals surface area contributed by atoms with E-state index in [1.54, 1.807) is 0 Å². The summed E-state index contributed by atoms with van der Waals surface area (Å²) < 4.78 is 0. The predicted molar refractivity (Wildman–Crippen MR) is 87.7 cm³/mol. The lowest BCUT2D eigenvalue weighted by Crippen LogP contribution is -2.57. The Bertz CT molecular complexity index is 465. The van der Waals surface area contributed by atoms with E-state index in [-0.39, 0.29) is 11.7 Å². The molecule has 1 unspecified atom stereocenters. The SMILES string of the molecule is CC(CN(C)CC1(N(C)C)CCC1)C(=O)c1ccccc1. The van der Waals surface area contributed by atoms with E-state index in [0.29, 0.717) is 5.54 Å². The smallest absolute Gasteiger partial charge is 0.166 e. The number of carbonyl (C=O) groups excluding carboxylic acids is 1. The van der Waals surface area contributed by atoms with E-state index in [1.165, 1.54) is 19.3 Å². The normalized spacial score (nSPS) is 18.6. The van der Waals surface area contributed by atoms with Gasteiger partial charge in [0.05, 0.1) is 0 Å². The van der Waals surface area contributed by atoms with Crippen LogP contribution in [0.2, 0.25) is 0 Å². The molecular weight excluding hydrogens is 260 g/mol. The van der Waals surface area contributed by atoms with E-state index in [2.05, 4.69) is 30.9 Å². The highest BCUT2D eigenvalue weighted by atomic mass is 16.1.